The van der Waals surface area contributed by atoms with Crippen molar-refractivity contribution in [1.29, 1.82) is 0 Å². The summed E-state index contributed by atoms with van der Waals surface area (Å²) in [5, 5.41) is 3.82. The monoisotopic (exact) mass is 151 g/mol. The summed E-state index contributed by atoms with van der Waals surface area (Å²) in [6.07, 6.45) is 1.47. The molecule has 1 heterocycles. The van der Waals surface area contributed by atoms with Gasteiger partial charge in [0, 0.05) is 7.05 Å². The van der Waals surface area contributed by atoms with Crippen molar-refractivity contribution >= 4 is 0 Å². The van der Waals surface area contributed by atoms with Crippen LogP contribution in [0.1, 0.15) is 6.92 Å². The predicted molar refractivity (Wildman–Crippen MR) is 40.9 cm³/mol. The van der Waals surface area contributed by atoms with E-state index in [2.05, 4.69) is 16.9 Å². The van der Waals surface area contributed by atoms with Gasteiger partial charge in [-0.15, -0.1) is 5.92 Å². The molecule has 0 unspecified atom stereocenters. The molecule has 0 aliphatic carbocycles. The molecule has 0 bridgehead atoms. The molecule has 1 aromatic rings. The van der Waals surface area contributed by atoms with Gasteiger partial charge >= 0.3 is 5.69 Å². The van der Waals surface area contributed by atoms with E-state index < -0.39 is 0 Å². The van der Waals surface area contributed by atoms with Gasteiger partial charge in [0.1, 0.15) is 12.9 Å². The maximum absolute atomic E-state index is 11.1. The Morgan fingerprint density at radius 3 is 2.91 bits per heavy atom. The van der Waals surface area contributed by atoms with E-state index in [9.17, 15) is 4.79 Å². The van der Waals surface area contributed by atoms with E-state index in [0.717, 1.165) is 0 Å². The second-order valence-corrected chi connectivity index (χ2v) is 2.11. The van der Waals surface area contributed by atoms with Gasteiger partial charge in [-0.2, -0.15) is 5.10 Å². The van der Waals surface area contributed by atoms with Crippen molar-refractivity contribution in [3.63, 3.8) is 0 Å². The highest BCUT2D eigenvalue weighted by atomic mass is 16.2. The summed E-state index contributed by atoms with van der Waals surface area (Å²) >= 11 is 0. The summed E-state index contributed by atoms with van der Waals surface area (Å²) in [7, 11) is 1.66. The number of hydrogen-bond donors (Lipinski definition) is 0. The average Bonchev–Trinajstić information content (AvgIpc) is 2.31. The Morgan fingerprint density at radius 2 is 2.45 bits per heavy atom. The van der Waals surface area contributed by atoms with Gasteiger partial charge < -0.3 is 0 Å². The first-order valence-electron chi connectivity index (χ1n) is 3.23. The smallest absolute Gasteiger partial charge is 0.285 e. The van der Waals surface area contributed by atoms with Crippen LogP contribution in [-0.4, -0.2) is 14.3 Å². The summed E-state index contributed by atoms with van der Waals surface area (Å²) in [6, 6.07) is 0. The van der Waals surface area contributed by atoms with E-state index >= 15 is 0 Å². The zero-order valence-corrected chi connectivity index (χ0v) is 6.53. The second kappa shape index (κ2) is 3.06. The molecule has 0 N–H and O–H groups in total. The first-order chi connectivity index (χ1) is 5.25. The van der Waals surface area contributed by atoms with Crippen molar-refractivity contribution in [1.82, 2.24) is 14.3 Å². The van der Waals surface area contributed by atoms with Crippen LogP contribution < -0.4 is 5.69 Å². The van der Waals surface area contributed by atoms with Crippen LogP contribution >= 0.6 is 0 Å². The molecule has 0 aromatic carbocycles. The van der Waals surface area contributed by atoms with Crippen LogP contribution in [0.3, 0.4) is 0 Å². The summed E-state index contributed by atoms with van der Waals surface area (Å²) in [4.78, 5) is 11.1. The van der Waals surface area contributed by atoms with Gasteiger partial charge in [-0.25, -0.2) is 9.48 Å². The maximum Gasteiger partial charge on any atom is 0.346 e. The lowest BCUT2D eigenvalue weighted by molar-refractivity contribution is 0.670. The minimum atomic E-state index is -0.132. The number of nitrogens with zero attached hydrogens (tertiary/aromatic N) is 3. The van der Waals surface area contributed by atoms with Gasteiger partial charge in [-0.1, -0.05) is 5.92 Å². The minimum Gasteiger partial charge on any atom is -0.285 e. The molecule has 0 spiro atoms. The normalized spacial score (nSPS) is 8.91. The molecule has 58 valence electrons. The van der Waals surface area contributed by atoms with E-state index in [1.165, 1.54) is 15.6 Å². The van der Waals surface area contributed by atoms with E-state index in [4.69, 9.17) is 0 Å². The number of aromatic nitrogens is 3. The van der Waals surface area contributed by atoms with Crippen LogP contribution in [0.15, 0.2) is 11.1 Å². The largest absolute Gasteiger partial charge is 0.346 e. The molecule has 0 saturated heterocycles. The third kappa shape index (κ3) is 1.49. The molecular formula is C7H9N3O. The first-order valence-corrected chi connectivity index (χ1v) is 3.23. The van der Waals surface area contributed by atoms with Crippen molar-refractivity contribution in [3.8, 4) is 11.8 Å². The lowest BCUT2D eigenvalue weighted by Crippen LogP contribution is -2.22. The Balaban J connectivity index is 2.93. The van der Waals surface area contributed by atoms with Gasteiger partial charge in [-0.3, -0.25) is 4.57 Å². The molecule has 0 aliphatic heterocycles. The predicted octanol–water partition coefficient (Wildman–Crippen LogP) is -0.395. The molecule has 1 aromatic heterocycles. The Kier molecular flexibility index (Phi) is 2.12. The van der Waals surface area contributed by atoms with Crippen LogP contribution in [-0.2, 0) is 13.6 Å². The zero-order valence-electron chi connectivity index (χ0n) is 6.53. The number of rotatable bonds is 1. The highest BCUT2D eigenvalue weighted by Gasteiger charge is 1.96. The standard InChI is InChI=1S/C7H9N3O/c1-3-4-5-10-7(11)9(2)6-8-10/h6H,5H2,1-2H3. The second-order valence-electron chi connectivity index (χ2n) is 2.11. The topological polar surface area (TPSA) is 39.8 Å². The molecule has 0 amide bonds. The van der Waals surface area contributed by atoms with Gasteiger partial charge in [0.2, 0.25) is 0 Å². The lowest BCUT2D eigenvalue weighted by atomic mass is 10.6. The SMILES string of the molecule is CC#CCn1ncn(C)c1=O. The van der Waals surface area contributed by atoms with E-state index in [-0.39, 0.29) is 5.69 Å². The van der Waals surface area contributed by atoms with Crippen molar-refractivity contribution < 1.29 is 0 Å². The summed E-state index contributed by atoms with van der Waals surface area (Å²) < 4.78 is 2.73. The molecule has 4 heteroatoms. The van der Waals surface area contributed by atoms with E-state index in [1.807, 2.05) is 0 Å². The van der Waals surface area contributed by atoms with Gasteiger partial charge in [-0.05, 0) is 6.92 Å². The van der Waals surface area contributed by atoms with E-state index in [1.54, 1.807) is 14.0 Å². The third-order valence-electron chi connectivity index (χ3n) is 1.29. The summed E-state index contributed by atoms with van der Waals surface area (Å²) in [5.74, 6) is 5.45. The minimum absolute atomic E-state index is 0.132. The first kappa shape index (κ1) is 7.61. The molecule has 0 aliphatic rings. The van der Waals surface area contributed by atoms with Crippen molar-refractivity contribution in [2.45, 2.75) is 13.5 Å². The van der Waals surface area contributed by atoms with E-state index in [0.29, 0.717) is 6.54 Å². The van der Waals surface area contributed by atoms with Crippen LogP contribution in [0.4, 0.5) is 0 Å². The molecule has 0 fully saturated rings. The Morgan fingerprint density at radius 1 is 1.73 bits per heavy atom. The summed E-state index contributed by atoms with van der Waals surface area (Å²) in [6.45, 7) is 2.10. The fourth-order valence-electron chi connectivity index (χ4n) is 0.683. The van der Waals surface area contributed by atoms with Crippen molar-refractivity contribution in [2.24, 2.45) is 7.05 Å². The maximum atomic E-state index is 11.1. The van der Waals surface area contributed by atoms with Crippen LogP contribution in [0.25, 0.3) is 0 Å². The number of hydrogen-bond acceptors (Lipinski definition) is 2. The molecular weight excluding hydrogens is 142 g/mol. The fourth-order valence-corrected chi connectivity index (χ4v) is 0.683. The zero-order chi connectivity index (χ0) is 8.27. The molecule has 0 saturated carbocycles. The quantitative estimate of drug-likeness (QED) is 0.512. The van der Waals surface area contributed by atoms with Gasteiger partial charge in [0.15, 0.2) is 0 Å². The van der Waals surface area contributed by atoms with Crippen molar-refractivity contribution in [2.75, 3.05) is 0 Å². The molecule has 1 rings (SSSR count). The van der Waals surface area contributed by atoms with Crippen molar-refractivity contribution in [3.05, 3.63) is 16.8 Å². The lowest BCUT2D eigenvalue weighted by Gasteiger charge is -1.87. The number of aryl methyl sites for hydroxylation is 1. The van der Waals surface area contributed by atoms with Crippen LogP contribution in [0, 0.1) is 11.8 Å². The van der Waals surface area contributed by atoms with Crippen LogP contribution in [0.2, 0.25) is 0 Å². The highest BCUT2D eigenvalue weighted by Crippen LogP contribution is 1.73. The Labute approximate surface area is 64.5 Å². The summed E-state index contributed by atoms with van der Waals surface area (Å²) in [5.41, 5.74) is -0.132. The average molecular weight is 151 g/mol. The molecule has 11 heavy (non-hydrogen) atoms. The molecule has 0 radical (unpaired) electrons. The fraction of sp³-hybridized carbons (Fsp3) is 0.429. The van der Waals surface area contributed by atoms with Crippen LogP contribution in [0.5, 0.6) is 0 Å². The Hall–Kier alpha value is -1.50. The Bertz CT molecular complexity index is 350. The van der Waals surface area contributed by atoms with Gasteiger partial charge in [0.05, 0.1) is 0 Å². The molecule has 4 nitrogen and oxygen atoms in total. The molecule has 0 atom stereocenters. The highest BCUT2D eigenvalue weighted by molar-refractivity contribution is 4.94. The third-order valence-corrected chi connectivity index (χ3v) is 1.29. The van der Waals surface area contributed by atoms with Gasteiger partial charge in [0.25, 0.3) is 0 Å².